The van der Waals surface area contributed by atoms with Crippen LogP contribution >= 0.6 is 11.6 Å². The minimum absolute atomic E-state index is 0.281. The lowest BCUT2D eigenvalue weighted by Crippen LogP contribution is -2.16. The second-order valence-corrected chi connectivity index (χ2v) is 8.56. The van der Waals surface area contributed by atoms with Crippen molar-refractivity contribution in [2.45, 2.75) is 12.8 Å². The largest absolute Gasteiger partial charge is 0.497 e. The Morgan fingerprint density at radius 1 is 1.06 bits per heavy atom. The molecule has 0 bridgehead atoms. The number of methoxy groups -OCH3 is 2. The van der Waals surface area contributed by atoms with E-state index in [4.69, 9.17) is 26.1 Å². The molecule has 0 saturated carbocycles. The summed E-state index contributed by atoms with van der Waals surface area (Å²) >= 11 is 6.26. The Balaban J connectivity index is 1.64. The summed E-state index contributed by atoms with van der Waals surface area (Å²) in [5.74, 6) is 0.431. The number of carbonyl (C=O) groups excluding carboxylic acids is 1. The number of nitrogens with zero attached hydrogens (tertiary/aromatic N) is 1. The first-order chi connectivity index (χ1) is 17.0. The molecule has 3 aromatic carbocycles. The van der Waals surface area contributed by atoms with Gasteiger partial charge in [0.05, 0.1) is 41.7 Å². The Morgan fingerprint density at radius 3 is 2.66 bits per heavy atom. The Hall–Kier alpha value is -3.90. The first-order valence-electron chi connectivity index (χ1n) is 11.1. The number of benzene rings is 3. The number of hydrogen-bond donors (Lipinski definition) is 1. The Morgan fingerprint density at radius 2 is 1.89 bits per heavy atom. The number of amides is 1. The number of hydrogen-bond acceptors (Lipinski definition) is 4. The third-order valence-corrected chi connectivity index (χ3v) is 6.47. The topological polar surface area (TPSA) is 60.5 Å². The third-order valence-electron chi connectivity index (χ3n) is 6.14. The minimum Gasteiger partial charge on any atom is -0.497 e. The van der Waals surface area contributed by atoms with E-state index in [1.807, 2.05) is 24.3 Å². The average molecular weight is 489 g/mol. The normalized spacial score (nSPS) is 13.7. The number of nitrogens with one attached hydrogen (secondary N) is 1. The summed E-state index contributed by atoms with van der Waals surface area (Å²) in [6.07, 6.45) is 2.95. The number of halogens is 2. The van der Waals surface area contributed by atoms with Gasteiger partial charge in [-0.1, -0.05) is 35.9 Å². The molecular weight excluding hydrogens is 467 g/mol. The zero-order chi connectivity index (χ0) is 24.5. The molecule has 0 fully saturated rings. The predicted molar refractivity (Wildman–Crippen MR) is 137 cm³/mol. The van der Waals surface area contributed by atoms with Crippen LogP contribution in [-0.4, -0.2) is 25.1 Å². The number of carbonyl (C=O) groups is 1. The molecule has 7 heteroatoms. The van der Waals surface area contributed by atoms with Gasteiger partial charge in [-0.3, -0.25) is 4.79 Å². The fraction of sp³-hybridized carbons (Fsp3) is 0.143. The zero-order valence-electron chi connectivity index (χ0n) is 19.2. The van der Waals surface area contributed by atoms with Crippen molar-refractivity contribution < 1.29 is 18.7 Å². The van der Waals surface area contributed by atoms with Crippen LogP contribution in [0.5, 0.6) is 11.5 Å². The van der Waals surface area contributed by atoms with E-state index in [1.165, 1.54) is 6.07 Å². The molecule has 0 radical (unpaired) electrons. The number of ether oxygens (including phenoxy) is 2. The maximum Gasteiger partial charge on any atom is 0.256 e. The van der Waals surface area contributed by atoms with Gasteiger partial charge >= 0.3 is 0 Å². The lowest BCUT2D eigenvalue weighted by atomic mass is 9.99. The Bertz CT molecular complexity index is 1480. The summed E-state index contributed by atoms with van der Waals surface area (Å²) in [7, 11) is 3.11. The van der Waals surface area contributed by atoms with Gasteiger partial charge in [-0.25, -0.2) is 9.37 Å². The molecule has 0 saturated heterocycles. The van der Waals surface area contributed by atoms with E-state index < -0.39 is 5.82 Å². The summed E-state index contributed by atoms with van der Waals surface area (Å²) in [5, 5.41) is 4.06. The highest BCUT2D eigenvalue weighted by molar-refractivity contribution is 6.32. The van der Waals surface area contributed by atoms with Crippen LogP contribution in [-0.2, 0) is 6.42 Å². The fourth-order valence-corrected chi connectivity index (χ4v) is 4.68. The van der Waals surface area contributed by atoms with Gasteiger partial charge in [-0.2, -0.15) is 0 Å². The summed E-state index contributed by atoms with van der Waals surface area (Å²) in [4.78, 5) is 18.5. The molecular formula is C28H22ClFN2O3. The number of pyridine rings is 1. The highest BCUT2D eigenvalue weighted by atomic mass is 35.5. The monoisotopic (exact) mass is 488 g/mol. The van der Waals surface area contributed by atoms with Crippen molar-refractivity contribution in [3.05, 3.63) is 93.9 Å². The van der Waals surface area contributed by atoms with Crippen LogP contribution in [0.25, 0.3) is 22.6 Å². The van der Waals surface area contributed by atoms with Crippen molar-refractivity contribution >= 4 is 45.7 Å². The third kappa shape index (κ3) is 4.21. The summed E-state index contributed by atoms with van der Waals surface area (Å²) < 4.78 is 25.2. The number of anilines is 1. The summed E-state index contributed by atoms with van der Waals surface area (Å²) in [5.41, 5.74) is 4.38. The first-order valence-corrected chi connectivity index (χ1v) is 11.5. The van der Waals surface area contributed by atoms with Crippen LogP contribution in [0, 0.1) is 5.82 Å². The van der Waals surface area contributed by atoms with Gasteiger partial charge in [0.15, 0.2) is 0 Å². The number of para-hydroxylation sites is 1. The van der Waals surface area contributed by atoms with Crippen LogP contribution in [0.3, 0.4) is 0 Å². The number of rotatable bonds is 5. The highest BCUT2D eigenvalue weighted by Gasteiger charge is 2.27. The molecule has 1 aromatic heterocycles. The fourth-order valence-electron chi connectivity index (χ4n) is 4.46. The van der Waals surface area contributed by atoms with Gasteiger partial charge in [-0.15, -0.1) is 0 Å². The number of aromatic nitrogens is 1. The standard InChI is InChI=1S/C28H22ClFN2O3/c1-34-17-11-13-25(35-2)24(15-17)32-28(33)26-18-6-3-4-9-23(18)31-27-16(10-12-19(26)27)14-20-21(29)7-5-8-22(20)30/h3-9,11,13-15H,10,12H2,1-2H3,(H,32,33)/b16-14+. The van der Waals surface area contributed by atoms with Crippen LogP contribution in [0.2, 0.25) is 5.02 Å². The Labute approximate surface area is 207 Å². The molecule has 0 atom stereocenters. The molecule has 4 aromatic rings. The molecule has 5 nitrogen and oxygen atoms in total. The van der Waals surface area contributed by atoms with Crippen molar-refractivity contribution in [2.75, 3.05) is 19.5 Å². The van der Waals surface area contributed by atoms with Crippen molar-refractivity contribution in [3.8, 4) is 11.5 Å². The van der Waals surface area contributed by atoms with Gasteiger partial charge in [-0.05, 0) is 60.4 Å². The van der Waals surface area contributed by atoms with Gasteiger partial charge in [0.2, 0.25) is 0 Å². The van der Waals surface area contributed by atoms with E-state index in [0.717, 1.165) is 16.5 Å². The summed E-state index contributed by atoms with van der Waals surface area (Å²) in [6, 6.07) is 17.3. The van der Waals surface area contributed by atoms with Gasteiger partial charge in [0.1, 0.15) is 17.3 Å². The van der Waals surface area contributed by atoms with Crippen molar-refractivity contribution in [1.29, 1.82) is 0 Å². The molecule has 1 heterocycles. The minimum atomic E-state index is -0.401. The van der Waals surface area contributed by atoms with E-state index >= 15 is 0 Å². The zero-order valence-corrected chi connectivity index (χ0v) is 19.9. The van der Waals surface area contributed by atoms with Crippen molar-refractivity contribution in [2.24, 2.45) is 0 Å². The summed E-state index contributed by atoms with van der Waals surface area (Å²) in [6.45, 7) is 0. The molecule has 1 aliphatic carbocycles. The quantitative estimate of drug-likeness (QED) is 0.336. The number of fused-ring (bicyclic) bond motifs is 2. The second kappa shape index (κ2) is 9.39. The van der Waals surface area contributed by atoms with Gasteiger partial charge < -0.3 is 14.8 Å². The molecule has 176 valence electrons. The maximum atomic E-state index is 14.5. The maximum absolute atomic E-state index is 14.5. The van der Waals surface area contributed by atoms with Crippen LogP contribution in [0.4, 0.5) is 10.1 Å². The Kier molecular flexibility index (Phi) is 6.14. The van der Waals surface area contributed by atoms with Crippen LogP contribution in [0.15, 0.2) is 60.7 Å². The lowest BCUT2D eigenvalue weighted by molar-refractivity contribution is 0.102. The molecule has 0 spiro atoms. The van der Waals surface area contributed by atoms with E-state index in [2.05, 4.69) is 5.32 Å². The SMILES string of the molecule is COc1ccc(OC)c(NC(=O)c2c3c(nc4ccccc24)/C(=C/c2c(F)cccc2Cl)CC3)c1. The number of allylic oxidation sites excluding steroid dienone is 1. The molecule has 1 aliphatic rings. The van der Waals surface area contributed by atoms with Crippen LogP contribution < -0.4 is 14.8 Å². The average Bonchev–Trinajstić information content (AvgIpc) is 3.26. The van der Waals surface area contributed by atoms with E-state index in [0.29, 0.717) is 57.4 Å². The second-order valence-electron chi connectivity index (χ2n) is 8.16. The lowest BCUT2D eigenvalue weighted by Gasteiger charge is -2.15. The van der Waals surface area contributed by atoms with E-state index in [9.17, 15) is 9.18 Å². The molecule has 0 unspecified atom stereocenters. The molecule has 35 heavy (non-hydrogen) atoms. The highest BCUT2D eigenvalue weighted by Crippen LogP contribution is 2.39. The molecule has 1 amide bonds. The molecule has 0 aliphatic heterocycles. The van der Waals surface area contributed by atoms with E-state index in [-0.39, 0.29) is 5.91 Å². The first kappa shape index (κ1) is 22.9. The molecule has 1 N–H and O–H groups in total. The van der Waals surface area contributed by atoms with Crippen molar-refractivity contribution in [3.63, 3.8) is 0 Å². The van der Waals surface area contributed by atoms with Crippen LogP contribution in [0.1, 0.15) is 33.6 Å². The van der Waals surface area contributed by atoms with Gasteiger partial charge in [0, 0.05) is 17.0 Å². The van der Waals surface area contributed by atoms with E-state index in [1.54, 1.807) is 50.6 Å². The van der Waals surface area contributed by atoms with Crippen molar-refractivity contribution in [1.82, 2.24) is 4.98 Å². The van der Waals surface area contributed by atoms with Gasteiger partial charge in [0.25, 0.3) is 5.91 Å². The predicted octanol–water partition coefficient (Wildman–Crippen LogP) is 6.78. The smallest absolute Gasteiger partial charge is 0.256 e. The molecule has 5 rings (SSSR count).